The van der Waals surface area contributed by atoms with Crippen LogP contribution in [-0.4, -0.2) is 19.6 Å². The van der Waals surface area contributed by atoms with E-state index < -0.39 is 0 Å². The molecule has 0 aromatic heterocycles. The van der Waals surface area contributed by atoms with Gasteiger partial charge in [-0.1, -0.05) is 42.5 Å². The highest BCUT2D eigenvalue weighted by Crippen LogP contribution is 2.19. The van der Waals surface area contributed by atoms with Crippen molar-refractivity contribution in [3.8, 4) is 0 Å². The molecule has 0 unspecified atom stereocenters. The zero-order chi connectivity index (χ0) is 16.7. The summed E-state index contributed by atoms with van der Waals surface area (Å²) < 4.78 is 24.1. The molecule has 4 heteroatoms. The summed E-state index contributed by atoms with van der Waals surface area (Å²) in [5, 5.41) is 0. The number of hydrogen-bond acceptors (Lipinski definition) is 3. The van der Waals surface area contributed by atoms with Crippen molar-refractivity contribution in [2.75, 3.05) is 13.9 Å². The first-order valence-electron chi connectivity index (χ1n) is 7.56. The lowest BCUT2D eigenvalue weighted by molar-refractivity contribution is -0.0398. The van der Waals surface area contributed by atoms with Gasteiger partial charge in [0.2, 0.25) is 0 Å². The molecule has 0 amide bonds. The number of benzene rings is 2. The highest BCUT2D eigenvalue weighted by atomic mass is 19.1. The zero-order valence-corrected chi connectivity index (χ0v) is 13.8. The molecule has 0 aliphatic rings. The number of ether oxygens (including phenoxy) is 2. The fraction of sp³-hybridized carbons (Fsp3) is 0.316. The van der Waals surface area contributed by atoms with Gasteiger partial charge in [0.15, 0.2) is 0 Å². The van der Waals surface area contributed by atoms with E-state index in [9.17, 15) is 4.39 Å². The van der Waals surface area contributed by atoms with Crippen LogP contribution in [0.2, 0.25) is 0 Å². The number of aliphatic imine (C=N–C) groups is 1. The number of nitrogens with zero attached hydrogens (tertiary/aromatic N) is 1. The van der Waals surface area contributed by atoms with E-state index in [-0.39, 0.29) is 25.3 Å². The second-order valence-corrected chi connectivity index (χ2v) is 5.36. The molecule has 0 spiro atoms. The molecule has 122 valence electrons. The van der Waals surface area contributed by atoms with Crippen molar-refractivity contribution in [1.29, 1.82) is 0 Å². The van der Waals surface area contributed by atoms with Gasteiger partial charge in [0, 0.05) is 18.4 Å². The van der Waals surface area contributed by atoms with Gasteiger partial charge in [-0.25, -0.2) is 4.39 Å². The van der Waals surface area contributed by atoms with E-state index in [1.54, 1.807) is 6.07 Å². The number of rotatable bonds is 7. The standard InChI is InChI=1S/C19H22FNO2/c1-14(16-7-5-4-6-8-16)21-15(2)17-9-10-18(19(20)11-17)12-23-13-22-3/h4-11,14H,12-13H2,1-3H3/b21-15+/t14-/m0/s1. The van der Waals surface area contributed by atoms with Gasteiger partial charge in [0.1, 0.15) is 12.6 Å². The van der Waals surface area contributed by atoms with Crippen molar-refractivity contribution < 1.29 is 13.9 Å². The largest absolute Gasteiger partial charge is 0.359 e. The second kappa shape index (κ2) is 8.56. The third-order valence-corrected chi connectivity index (χ3v) is 3.60. The van der Waals surface area contributed by atoms with Gasteiger partial charge >= 0.3 is 0 Å². The third-order valence-electron chi connectivity index (χ3n) is 3.60. The summed E-state index contributed by atoms with van der Waals surface area (Å²) in [6.45, 7) is 4.27. The normalized spacial score (nSPS) is 13.1. The maximum atomic E-state index is 14.1. The van der Waals surface area contributed by atoms with Gasteiger partial charge in [0.05, 0.1) is 12.6 Å². The Morgan fingerprint density at radius 2 is 1.91 bits per heavy atom. The van der Waals surface area contributed by atoms with Crippen LogP contribution in [-0.2, 0) is 16.1 Å². The lowest BCUT2D eigenvalue weighted by atomic mass is 10.1. The van der Waals surface area contributed by atoms with E-state index in [1.807, 2.05) is 50.2 Å². The van der Waals surface area contributed by atoms with E-state index in [2.05, 4.69) is 4.99 Å². The molecule has 0 N–H and O–H groups in total. The maximum Gasteiger partial charge on any atom is 0.146 e. The number of hydrogen-bond donors (Lipinski definition) is 0. The highest BCUT2D eigenvalue weighted by molar-refractivity contribution is 5.98. The predicted octanol–water partition coefficient (Wildman–Crippen LogP) is 4.52. The van der Waals surface area contributed by atoms with Crippen molar-refractivity contribution in [3.05, 3.63) is 71.0 Å². The van der Waals surface area contributed by atoms with Gasteiger partial charge in [-0.2, -0.15) is 0 Å². The van der Waals surface area contributed by atoms with Gasteiger partial charge in [-0.3, -0.25) is 4.99 Å². The molecule has 3 nitrogen and oxygen atoms in total. The quantitative estimate of drug-likeness (QED) is 0.427. The molecular weight excluding hydrogens is 293 g/mol. The van der Waals surface area contributed by atoms with Crippen molar-refractivity contribution in [2.24, 2.45) is 4.99 Å². The zero-order valence-electron chi connectivity index (χ0n) is 13.8. The molecule has 0 aliphatic carbocycles. The van der Waals surface area contributed by atoms with Crippen molar-refractivity contribution in [1.82, 2.24) is 0 Å². The Labute approximate surface area is 136 Å². The molecule has 0 fully saturated rings. The van der Waals surface area contributed by atoms with E-state index in [1.165, 1.54) is 13.2 Å². The Kier molecular flexibility index (Phi) is 6.44. The SMILES string of the molecule is COCOCc1ccc(/C(C)=N/[C@@H](C)c2ccccc2)cc1F. The molecule has 0 saturated carbocycles. The summed E-state index contributed by atoms with van der Waals surface area (Å²) >= 11 is 0. The smallest absolute Gasteiger partial charge is 0.146 e. The van der Waals surface area contributed by atoms with Gasteiger partial charge in [0.25, 0.3) is 0 Å². The monoisotopic (exact) mass is 315 g/mol. The maximum absolute atomic E-state index is 14.1. The molecule has 2 aromatic rings. The molecule has 0 saturated heterocycles. The molecule has 0 heterocycles. The fourth-order valence-corrected chi connectivity index (χ4v) is 2.30. The highest BCUT2D eigenvalue weighted by Gasteiger charge is 2.08. The van der Waals surface area contributed by atoms with Gasteiger partial charge in [-0.15, -0.1) is 0 Å². The van der Waals surface area contributed by atoms with E-state index in [4.69, 9.17) is 9.47 Å². The van der Waals surface area contributed by atoms with Gasteiger partial charge < -0.3 is 9.47 Å². The Bertz CT molecular complexity index is 656. The Balaban J connectivity index is 2.11. The van der Waals surface area contributed by atoms with Crippen molar-refractivity contribution in [3.63, 3.8) is 0 Å². The topological polar surface area (TPSA) is 30.8 Å². The van der Waals surface area contributed by atoms with Crippen LogP contribution in [0.3, 0.4) is 0 Å². The Morgan fingerprint density at radius 3 is 2.57 bits per heavy atom. The lowest BCUT2D eigenvalue weighted by Gasteiger charge is -2.10. The molecule has 1 atom stereocenters. The first-order valence-corrected chi connectivity index (χ1v) is 7.56. The van der Waals surface area contributed by atoms with Crippen LogP contribution in [0, 0.1) is 5.82 Å². The van der Waals surface area contributed by atoms with E-state index in [0.29, 0.717) is 5.56 Å². The predicted molar refractivity (Wildman–Crippen MR) is 90.1 cm³/mol. The minimum Gasteiger partial charge on any atom is -0.359 e. The average Bonchev–Trinajstić information content (AvgIpc) is 2.57. The molecule has 2 aromatic carbocycles. The molecule has 2 rings (SSSR count). The fourth-order valence-electron chi connectivity index (χ4n) is 2.30. The number of methoxy groups -OCH3 is 1. The minimum atomic E-state index is -0.291. The summed E-state index contributed by atoms with van der Waals surface area (Å²) in [7, 11) is 1.53. The minimum absolute atomic E-state index is 0.0315. The second-order valence-electron chi connectivity index (χ2n) is 5.36. The van der Waals surface area contributed by atoms with Crippen LogP contribution < -0.4 is 0 Å². The third kappa shape index (κ3) is 4.98. The van der Waals surface area contributed by atoms with E-state index >= 15 is 0 Å². The summed E-state index contributed by atoms with van der Waals surface area (Å²) in [5.41, 5.74) is 3.23. The number of halogens is 1. The van der Waals surface area contributed by atoms with Crippen molar-refractivity contribution >= 4 is 5.71 Å². The van der Waals surface area contributed by atoms with Crippen LogP contribution in [0.4, 0.5) is 4.39 Å². The van der Waals surface area contributed by atoms with Crippen LogP contribution in [0.1, 0.15) is 36.6 Å². The summed E-state index contributed by atoms with van der Waals surface area (Å²) in [6, 6.07) is 15.2. The molecule has 0 radical (unpaired) electrons. The summed E-state index contributed by atoms with van der Waals surface area (Å²) in [4.78, 5) is 4.66. The molecular formula is C19H22FNO2. The van der Waals surface area contributed by atoms with Crippen molar-refractivity contribution in [2.45, 2.75) is 26.5 Å². The van der Waals surface area contributed by atoms with Crippen LogP contribution in [0.25, 0.3) is 0 Å². The first kappa shape index (κ1) is 17.3. The molecule has 0 bridgehead atoms. The Hall–Kier alpha value is -2.04. The van der Waals surface area contributed by atoms with Gasteiger partial charge in [-0.05, 0) is 31.0 Å². The summed E-state index contributed by atoms with van der Waals surface area (Å²) in [5.74, 6) is -0.291. The first-order chi connectivity index (χ1) is 11.1. The summed E-state index contributed by atoms with van der Waals surface area (Å²) in [6.07, 6.45) is 0. The Morgan fingerprint density at radius 1 is 1.17 bits per heavy atom. The molecule has 0 aliphatic heterocycles. The van der Waals surface area contributed by atoms with Crippen LogP contribution in [0.5, 0.6) is 0 Å². The van der Waals surface area contributed by atoms with Crippen LogP contribution in [0.15, 0.2) is 53.5 Å². The lowest BCUT2D eigenvalue weighted by Crippen LogP contribution is -2.03. The molecule has 23 heavy (non-hydrogen) atoms. The van der Waals surface area contributed by atoms with E-state index in [0.717, 1.165) is 16.8 Å². The van der Waals surface area contributed by atoms with Crippen LogP contribution >= 0.6 is 0 Å². The average molecular weight is 315 g/mol.